The molecule has 0 bridgehead atoms. The minimum Gasteiger partial charge on any atom is -0.482 e. The zero-order chi connectivity index (χ0) is 22.7. The lowest BCUT2D eigenvalue weighted by atomic mass is 9.82. The van der Waals surface area contributed by atoms with Gasteiger partial charge in [-0.1, -0.05) is 19.1 Å². The number of piperidine rings is 1. The summed E-state index contributed by atoms with van der Waals surface area (Å²) in [7, 11) is 0. The van der Waals surface area contributed by atoms with Crippen molar-refractivity contribution in [2.24, 2.45) is 0 Å². The third-order valence-corrected chi connectivity index (χ3v) is 6.58. The summed E-state index contributed by atoms with van der Waals surface area (Å²) in [5.41, 5.74) is 4.09. The highest BCUT2D eigenvalue weighted by Gasteiger charge is 2.37. The van der Waals surface area contributed by atoms with Crippen molar-refractivity contribution in [3.05, 3.63) is 70.8 Å². The SMILES string of the molecule is CCC(=O)c1ccc2c(c1)C(c1ccc(C(=O)N(CC)CC)cc1)=CC1(CCNCC1)O2. The Morgan fingerprint density at radius 1 is 0.969 bits per heavy atom. The van der Waals surface area contributed by atoms with Crippen molar-refractivity contribution in [2.45, 2.75) is 45.6 Å². The number of amides is 1. The van der Waals surface area contributed by atoms with Gasteiger partial charge in [0.25, 0.3) is 5.91 Å². The van der Waals surface area contributed by atoms with Gasteiger partial charge in [-0.25, -0.2) is 0 Å². The lowest BCUT2D eigenvalue weighted by Gasteiger charge is -2.40. The highest BCUT2D eigenvalue weighted by molar-refractivity contribution is 5.98. The number of rotatable bonds is 6. The number of hydrogen-bond donors (Lipinski definition) is 1. The Kier molecular flexibility index (Phi) is 6.47. The maximum atomic E-state index is 12.7. The number of ether oxygens (including phenoxy) is 1. The lowest BCUT2D eigenvalue weighted by Crippen LogP contribution is -2.46. The van der Waals surface area contributed by atoms with Gasteiger partial charge in [-0.15, -0.1) is 0 Å². The molecule has 2 aliphatic heterocycles. The first-order chi connectivity index (χ1) is 15.5. The van der Waals surface area contributed by atoms with Gasteiger partial charge in [0.05, 0.1) is 0 Å². The molecule has 0 saturated carbocycles. The molecule has 0 unspecified atom stereocenters. The molecule has 32 heavy (non-hydrogen) atoms. The van der Waals surface area contributed by atoms with Crippen molar-refractivity contribution >= 4 is 17.3 Å². The third-order valence-electron chi connectivity index (χ3n) is 6.58. The molecule has 0 aliphatic carbocycles. The largest absolute Gasteiger partial charge is 0.482 e. The normalized spacial score (nSPS) is 16.7. The number of carbonyl (C=O) groups excluding carboxylic acids is 2. The molecule has 0 atom stereocenters. The van der Waals surface area contributed by atoms with Crippen molar-refractivity contribution in [3.63, 3.8) is 0 Å². The third kappa shape index (κ3) is 4.22. The van der Waals surface area contributed by atoms with Crippen LogP contribution in [0.5, 0.6) is 5.75 Å². The van der Waals surface area contributed by atoms with Gasteiger partial charge in [-0.2, -0.15) is 0 Å². The van der Waals surface area contributed by atoms with Crippen LogP contribution in [0.25, 0.3) is 5.57 Å². The molecular weight excluding hydrogens is 400 g/mol. The Balaban J connectivity index is 1.76. The monoisotopic (exact) mass is 432 g/mol. The van der Waals surface area contributed by atoms with Crippen LogP contribution < -0.4 is 10.1 Å². The Bertz CT molecular complexity index is 1030. The maximum absolute atomic E-state index is 12.7. The highest BCUT2D eigenvalue weighted by atomic mass is 16.5. The van der Waals surface area contributed by atoms with E-state index in [2.05, 4.69) is 11.4 Å². The molecule has 1 N–H and O–H groups in total. The van der Waals surface area contributed by atoms with Crippen molar-refractivity contribution in [1.82, 2.24) is 10.2 Å². The van der Waals surface area contributed by atoms with Gasteiger partial charge in [0.1, 0.15) is 11.4 Å². The summed E-state index contributed by atoms with van der Waals surface area (Å²) in [6.45, 7) is 9.06. The number of hydrogen-bond acceptors (Lipinski definition) is 4. The average molecular weight is 433 g/mol. The van der Waals surface area contributed by atoms with Crippen LogP contribution in [-0.2, 0) is 0 Å². The van der Waals surface area contributed by atoms with Gasteiger partial charge < -0.3 is 15.0 Å². The van der Waals surface area contributed by atoms with Crippen molar-refractivity contribution in [3.8, 4) is 5.75 Å². The Morgan fingerprint density at radius 3 is 2.25 bits per heavy atom. The minimum absolute atomic E-state index is 0.0496. The summed E-state index contributed by atoms with van der Waals surface area (Å²) in [5, 5.41) is 3.41. The summed E-state index contributed by atoms with van der Waals surface area (Å²) in [6, 6.07) is 13.6. The average Bonchev–Trinajstić information content (AvgIpc) is 2.84. The maximum Gasteiger partial charge on any atom is 0.253 e. The molecule has 2 aromatic rings. The van der Waals surface area contributed by atoms with E-state index in [1.165, 1.54) is 0 Å². The molecule has 1 saturated heterocycles. The van der Waals surface area contributed by atoms with Crippen LogP contribution in [0.3, 0.4) is 0 Å². The van der Waals surface area contributed by atoms with Crippen LogP contribution in [0.4, 0.5) is 0 Å². The molecule has 2 heterocycles. The number of benzene rings is 2. The standard InChI is InChI=1S/C27H32N2O3/c1-4-24(30)21-11-12-25-22(17-21)23(18-27(32-25)13-15-28-16-14-27)19-7-9-20(10-8-19)26(31)29(5-2)6-3/h7-12,17-18,28H,4-6,13-16H2,1-3H3. The van der Waals surface area contributed by atoms with Crippen molar-refractivity contribution in [1.29, 1.82) is 0 Å². The van der Waals surface area contributed by atoms with Gasteiger partial charge in [0.2, 0.25) is 0 Å². The topological polar surface area (TPSA) is 58.6 Å². The molecule has 2 aliphatic rings. The summed E-state index contributed by atoms with van der Waals surface area (Å²) in [5.74, 6) is 0.989. The van der Waals surface area contributed by atoms with Crippen molar-refractivity contribution < 1.29 is 14.3 Å². The summed E-state index contributed by atoms with van der Waals surface area (Å²) in [6.07, 6.45) is 4.49. The lowest BCUT2D eigenvalue weighted by molar-refractivity contribution is 0.0772. The predicted molar refractivity (Wildman–Crippen MR) is 127 cm³/mol. The first kappa shape index (κ1) is 22.3. The van der Waals surface area contributed by atoms with Gasteiger partial charge >= 0.3 is 0 Å². The molecule has 4 rings (SSSR count). The van der Waals surface area contributed by atoms with Crippen LogP contribution in [0, 0.1) is 0 Å². The Morgan fingerprint density at radius 2 is 1.62 bits per heavy atom. The van der Waals surface area contributed by atoms with Crippen LogP contribution in [0.2, 0.25) is 0 Å². The molecule has 5 heteroatoms. The summed E-state index contributed by atoms with van der Waals surface area (Å²) in [4.78, 5) is 26.9. The Labute approximate surface area is 190 Å². The fourth-order valence-corrected chi connectivity index (χ4v) is 4.62. The van der Waals surface area contributed by atoms with E-state index in [1.54, 1.807) is 0 Å². The van der Waals surface area contributed by atoms with Crippen LogP contribution in [-0.4, -0.2) is 48.4 Å². The second kappa shape index (κ2) is 9.29. The number of nitrogens with one attached hydrogen (secondary N) is 1. The summed E-state index contributed by atoms with van der Waals surface area (Å²) >= 11 is 0. The molecule has 0 radical (unpaired) electrons. The van der Waals surface area contributed by atoms with E-state index in [4.69, 9.17) is 4.74 Å². The minimum atomic E-state index is -0.348. The van der Waals surface area contributed by atoms with Crippen molar-refractivity contribution in [2.75, 3.05) is 26.2 Å². The van der Waals surface area contributed by atoms with E-state index in [-0.39, 0.29) is 17.3 Å². The van der Waals surface area contributed by atoms with E-state index in [0.29, 0.717) is 30.6 Å². The first-order valence-corrected chi connectivity index (χ1v) is 11.7. The quantitative estimate of drug-likeness (QED) is 0.672. The van der Waals surface area contributed by atoms with E-state index in [1.807, 2.05) is 68.1 Å². The second-order valence-electron chi connectivity index (χ2n) is 8.52. The Hall–Kier alpha value is -2.92. The zero-order valence-electron chi connectivity index (χ0n) is 19.2. The number of ketones is 1. The van der Waals surface area contributed by atoms with Gasteiger partial charge in [-0.3, -0.25) is 9.59 Å². The predicted octanol–water partition coefficient (Wildman–Crippen LogP) is 4.71. The molecule has 1 amide bonds. The first-order valence-electron chi connectivity index (χ1n) is 11.7. The number of Topliss-reactive ketones (excluding diaryl/α,β-unsaturated/α-hetero) is 1. The molecule has 1 fully saturated rings. The number of nitrogens with zero attached hydrogens (tertiary/aromatic N) is 1. The number of fused-ring (bicyclic) bond motifs is 1. The fraction of sp³-hybridized carbons (Fsp3) is 0.407. The van der Waals surface area contributed by atoms with Crippen LogP contribution >= 0.6 is 0 Å². The van der Waals surface area contributed by atoms with Crippen LogP contribution in [0.1, 0.15) is 71.9 Å². The molecule has 2 aromatic carbocycles. The van der Waals surface area contributed by atoms with Gasteiger partial charge in [0, 0.05) is 49.0 Å². The molecule has 168 valence electrons. The molecular formula is C27H32N2O3. The summed E-state index contributed by atoms with van der Waals surface area (Å²) < 4.78 is 6.51. The molecule has 0 aromatic heterocycles. The van der Waals surface area contributed by atoms with Gasteiger partial charge in [0.15, 0.2) is 5.78 Å². The highest BCUT2D eigenvalue weighted by Crippen LogP contribution is 2.43. The zero-order valence-corrected chi connectivity index (χ0v) is 19.2. The van der Waals surface area contributed by atoms with E-state index < -0.39 is 0 Å². The fourth-order valence-electron chi connectivity index (χ4n) is 4.62. The smallest absolute Gasteiger partial charge is 0.253 e. The molecule has 1 spiro atoms. The van der Waals surface area contributed by atoms with E-state index in [0.717, 1.165) is 48.4 Å². The van der Waals surface area contributed by atoms with Gasteiger partial charge in [-0.05, 0) is 74.5 Å². The van der Waals surface area contributed by atoms with E-state index in [9.17, 15) is 9.59 Å². The van der Waals surface area contributed by atoms with Crippen LogP contribution in [0.15, 0.2) is 48.5 Å². The second-order valence-corrected chi connectivity index (χ2v) is 8.52. The van der Waals surface area contributed by atoms with E-state index >= 15 is 0 Å². The molecule has 5 nitrogen and oxygen atoms in total. The number of carbonyl (C=O) groups is 2.